The predicted molar refractivity (Wildman–Crippen MR) is 128 cm³/mol. The molecular weight excluding hydrogens is 466 g/mol. The lowest BCUT2D eigenvalue weighted by molar-refractivity contribution is -0.114. The molecule has 3 rings (SSSR count). The lowest BCUT2D eigenvalue weighted by Crippen LogP contribution is -2.26. The van der Waals surface area contributed by atoms with Crippen molar-refractivity contribution < 1.29 is 22.5 Å². The summed E-state index contributed by atoms with van der Waals surface area (Å²) in [6, 6.07) is 12.0. The average Bonchev–Trinajstić information content (AvgIpc) is 3.12. The number of amides is 1. The molecule has 0 saturated heterocycles. The number of nitrogens with one attached hydrogen (secondary N) is 2. The Morgan fingerprint density at radius 2 is 1.91 bits per heavy atom. The molecule has 1 heterocycles. The molecular formula is C23H24ClN3O5S. The molecule has 0 radical (unpaired) electrons. The Bertz CT molecular complexity index is 1270. The van der Waals surface area contributed by atoms with Crippen molar-refractivity contribution in [2.45, 2.75) is 25.2 Å². The van der Waals surface area contributed by atoms with Gasteiger partial charge in [0.1, 0.15) is 22.0 Å². The molecule has 8 nitrogen and oxygen atoms in total. The van der Waals surface area contributed by atoms with Gasteiger partial charge in [-0.2, -0.15) is 0 Å². The molecule has 10 heteroatoms. The average molecular weight is 490 g/mol. The van der Waals surface area contributed by atoms with E-state index in [4.69, 9.17) is 20.9 Å². The molecule has 0 atom stereocenters. The highest BCUT2D eigenvalue weighted by Gasteiger charge is 2.20. The molecule has 1 amide bonds. The van der Waals surface area contributed by atoms with E-state index in [1.165, 1.54) is 20.1 Å². The first-order valence-electron chi connectivity index (χ1n) is 10.0. The third kappa shape index (κ3) is 6.44. The van der Waals surface area contributed by atoms with Gasteiger partial charge in [0.15, 0.2) is 5.76 Å². The second-order valence-electron chi connectivity index (χ2n) is 7.21. The van der Waals surface area contributed by atoms with E-state index < -0.39 is 10.0 Å². The summed E-state index contributed by atoms with van der Waals surface area (Å²) in [5.74, 6) is 0.322. The van der Waals surface area contributed by atoms with Crippen LogP contribution in [0.5, 0.6) is 5.75 Å². The number of hydrogen-bond acceptors (Lipinski definition) is 6. The lowest BCUT2D eigenvalue weighted by atomic mass is 10.2. The molecule has 0 aliphatic heterocycles. The molecule has 0 saturated carbocycles. The maximum atomic E-state index is 12.9. The van der Waals surface area contributed by atoms with Gasteiger partial charge in [0.05, 0.1) is 7.11 Å². The number of ether oxygens (including phenoxy) is 1. The number of aromatic nitrogens is 1. The van der Waals surface area contributed by atoms with Crippen LogP contribution in [0.25, 0.3) is 12.2 Å². The zero-order valence-corrected chi connectivity index (χ0v) is 20.0. The Morgan fingerprint density at radius 1 is 1.18 bits per heavy atom. The number of carbonyl (C=O) groups is 1. The summed E-state index contributed by atoms with van der Waals surface area (Å²) in [5, 5.41) is 7.15. The molecule has 0 spiro atoms. The number of benzene rings is 2. The Labute approximate surface area is 197 Å². The molecule has 3 aromatic rings. The first-order valence-corrected chi connectivity index (χ1v) is 11.9. The summed E-state index contributed by atoms with van der Waals surface area (Å²) in [6.07, 6.45) is 3.78. The second-order valence-corrected chi connectivity index (χ2v) is 9.38. The van der Waals surface area contributed by atoms with Crippen molar-refractivity contribution >= 4 is 45.4 Å². The van der Waals surface area contributed by atoms with Crippen molar-refractivity contribution in [2.24, 2.45) is 0 Å². The molecule has 0 fully saturated rings. The fraction of sp³-hybridized carbons (Fsp3) is 0.217. The lowest BCUT2D eigenvalue weighted by Gasteiger charge is -2.12. The number of halogens is 1. The highest BCUT2D eigenvalue weighted by Crippen LogP contribution is 2.27. The molecule has 0 aliphatic rings. The Hall–Kier alpha value is -3.14. The van der Waals surface area contributed by atoms with E-state index in [1.54, 1.807) is 43.3 Å². The van der Waals surface area contributed by atoms with Gasteiger partial charge in [-0.3, -0.25) is 4.79 Å². The van der Waals surface area contributed by atoms with E-state index in [9.17, 15) is 13.2 Å². The monoisotopic (exact) mass is 489 g/mol. The van der Waals surface area contributed by atoms with E-state index in [0.717, 1.165) is 5.56 Å². The van der Waals surface area contributed by atoms with Gasteiger partial charge >= 0.3 is 0 Å². The highest BCUT2D eigenvalue weighted by atomic mass is 35.5. The maximum Gasteiger partial charge on any atom is 0.244 e. The third-order valence-corrected chi connectivity index (χ3v) is 6.45. The normalized spacial score (nSPS) is 11.6. The van der Waals surface area contributed by atoms with E-state index in [2.05, 4.69) is 15.2 Å². The van der Waals surface area contributed by atoms with Crippen LogP contribution in [0.15, 0.2) is 51.9 Å². The fourth-order valence-electron chi connectivity index (χ4n) is 3.07. The Kier molecular flexibility index (Phi) is 7.91. The van der Waals surface area contributed by atoms with Crippen molar-refractivity contribution in [3.8, 4) is 5.75 Å². The fourth-order valence-corrected chi connectivity index (χ4v) is 4.43. The second kappa shape index (κ2) is 10.7. The minimum absolute atomic E-state index is 0.0130. The minimum Gasteiger partial charge on any atom is -0.495 e. The smallest absolute Gasteiger partial charge is 0.244 e. The van der Waals surface area contributed by atoms with Crippen molar-refractivity contribution in [1.82, 2.24) is 9.88 Å². The van der Waals surface area contributed by atoms with Crippen LogP contribution in [-0.2, 0) is 21.2 Å². The van der Waals surface area contributed by atoms with Gasteiger partial charge in [-0.15, -0.1) is 0 Å². The number of sulfonamides is 1. The van der Waals surface area contributed by atoms with Crippen LogP contribution in [0, 0.1) is 6.92 Å². The van der Waals surface area contributed by atoms with Gasteiger partial charge in [0.25, 0.3) is 0 Å². The molecule has 0 bridgehead atoms. The number of anilines is 1. The SMILES string of the molecule is COc1ccc(C=Cc2onc(C)c2NC(C)=O)cc1S(=O)(=O)NCCc1ccc(Cl)cc1. The van der Waals surface area contributed by atoms with Crippen LogP contribution in [0.2, 0.25) is 5.02 Å². The molecule has 0 aliphatic carbocycles. The van der Waals surface area contributed by atoms with Gasteiger partial charge in [0.2, 0.25) is 15.9 Å². The summed E-state index contributed by atoms with van der Waals surface area (Å²) in [5.41, 5.74) is 2.55. The molecule has 2 N–H and O–H groups in total. The zero-order chi connectivity index (χ0) is 24.0. The topological polar surface area (TPSA) is 111 Å². The van der Waals surface area contributed by atoms with Crippen LogP contribution < -0.4 is 14.8 Å². The largest absolute Gasteiger partial charge is 0.495 e. The minimum atomic E-state index is -3.83. The van der Waals surface area contributed by atoms with Crippen molar-refractivity contribution in [1.29, 1.82) is 0 Å². The summed E-state index contributed by atoms with van der Waals surface area (Å²) in [6.45, 7) is 3.31. The van der Waals surface area contributed by atoms with E-state index >= 15 is 0 Å². The van der Waals surface area contributed by atoms with Crippen LogP contribution in [0.4, 0.5) is 5.69 Å². The van der Waals surface area contributed by atoms with Crippen LogP contribution >= 0.6 is 11.6 Å². The molecule has 0 unspecified atom stereocenters. The molecule has 174 valence electrons. The van der Waals surface area contributed by atoms with Crippen molar-refractivity contribution in [2.75, 3.05) is 19.0 Å². The van der Waals surface area contributed by atoms with E-state index in [1.807, 2.05) is 12.1 Å². The van der Waals surface area contributed by atoms with Gasteiger partial charge in [-0.05, 0) is 54.8 Å². The number of nitrogens with zero attached hydrogens (tertiary/aromatic N) is 1. The number of hydrogen-bond donors (Lipinski definition) is 2. The number of methoxy groups -OCH3 is 1. The van der Waals surface area contributed by atoms with Crippen molar-refractivity contribution in [3.05, 3.63) is 70.1 Å². The Balaban J connectivity index is 1.79. The van der Waals surface area contributed by atoms with Crippen LogP contribution in [0.3, 0.4) is 0 Å². The first kappa shape index (κ1) is 24.5. The number of carbonyl (C=O) groups excluding carboxylic acids is 1. The van der Waals surface area contributed by atoms with E-state index in [-0.39, 0.29) is 23.1 Å². The number of rotatable bonds is 9. The standard InChI is InChI=1S/C23H24ClN3O5S/c1-15-23(26-16(2)28)21(32-27-15)11-7-18-6-10-20(31-3)22(14-18)33(29,30)25-13-12-17-4-8-19(24)9-5-17/h4-11,14,25H,12-13H2,1-3H3,(H,26,28). The Morgan fingerprint density at radius 3 is 2.58 bits per heavy atom. The molecule has 33 heavy (non-hydrogen) atoms. The van der Waals surface area contributed by atoms with Gasteiger partial charge in [-0.25, -0.2) is 13.1 Å². The van der Waals surface area contributed by atoms with Gasteiger partial charge in [0, 0.05) is 18.5 Å². The zero-order valence-electron chi connectivity index (χ0n) is 18.4. The summed E-state index contributed by atoms with van der Waals surface area (Å²) >= 11 is 5.88. The van der Waals surface area contributed by atoms with E-state index in [0.29, 0.717) is 34.1 Å². The quantitative estimate of drug-likeness (QED) is 0.463. The summed E-state index contributed by atoms with van der Waals surface area (Å²) in [7, 11) is -2.42. The van der Waals surface area contributed by atoms with Crippen LogP contribution in [0.1, 0.15) is 29.5 Å². The maximum absolute atomic E-state index is 12.9. The molecule has 1 aromatic heterocycles. The molecule has 2 aromatic carbocycles. The van der Waals surface area contributed by atoms with Gasteiger partial charge in [-0.1, -0.05) is 41.0 Å². The number of aryl methyl sites for hydroxylation is 1. The van der Waals surface area contributed by atoms with Crippen LogP contribution in [-0.4, -0.2) is 33.1 Å². The summed E-state index contributed by atoms with van der Waals surface area (Å²) in [4.78, 5) is 11.4. The predicted octanol–water partition coefficient (Wildman–Crippen LogP) is 4.29. The third-order valence-electron chi connectivity index (χ3n) is 4.71. The summed E-state index contributed by atoms with van der Waals surface area (Å²) < 4.78 is 39.0. The van der Waals surface area contributed by atoms with Crippen molar-refractivity contribution in [3.63, 3.8) is 0 Å². The highest BCUT2D eigenvalue weighted by molar-refractivity contribution is 7.89. The van der Waals surface area contributed by atoms with Gasteiger partial charge < -0.3 is 14.6 Å². The first-order chi connectivity index (χ1) is 15.7.